The van der Waals surface area contributed by atoms with Crippen LogP contribution in [0.15, 0.2) is 24.3 Å². The second-order valence-corrected chi connectivity index (χ2v) is 5.59. The quantitative estimate of drug-likeness (QED) is 0.200. The molecule has 0 aliphatic carbocycles. The van der Waals surface area contributed by atoms with Gasteiger partial charge in [0.05, 0.1) is 14.1 Å². The number of hydrogen-bond acceptors (Lipinski definition) is 9. The second-order valence-electron chi connectivity index (χ2n) is 5.59. The highest BCUT2D eigenvalue weighted by Crippen LogP contribution is 2.03. The molecule has 10 N–H and O–H groups in total. The molecular weight excluding hydrogens is 349 g/mol. The molecule has 0 aromatic heterocycles. The summed E-state index contributed by atoms with van der Waals surface area (Å²) in [6, 6.07) is 3.83. The Morgan fingerprint density at radius 1 is 1.15 bits per heavy atom. The molecule has 0 heterocycles. The Kier molecular flexibility index (Phi) is 10.3. The lowest BCUT2D eigenvalue weighted by atomic mass is 9.80. The van der Waals surface area contributed by atoms with Gasteiger partial charge in [0, 0.05) is 0 Å². The van der Waals surface area contributed by atoms with Crippen LogP contribution in [0.1, 0.15) is 13.9 Å². The van der Waals surface area contributed by atoms with Crippen LogP contribution in [0.5, 0.6) is 0 Å². The van der Waals surface area contributed by atoms with Crippen molar-refractivity contribution in [2.24, 2.45) is 5.73 Å². The third-order valence-electron chi connectivity index (χ3n) is 3.37. The summed E-state index contributed by atoms with van der Waals surface area (Å²) in [4.78, 5) is 10.6. The molecule has 0 aliphatic heterocycles. The van der Waals surface area contributed by atoms with Crippen LogP contribution in [0.2, 0.25) is 0 Å². The lowest BCUT2D eigenvalue weighted by Gasteiger charge is -2.23. The molecule has 10 nitrogen and oxygen atoms in total. The fraction of sp³-hybridized carbons (Fsp3) is 0.533. The van der Waals surface area contributed by atoms with Crippen molar-refractivity contribution in [1.82, 2.24) is 0 Å². The lowest BCUT2D eigenvalue weighted by molar-refractivity contribution is -0.138. The summed E-state index contributed by atoms with van der Waals surface area (Å²) in [7, 11) is -1.56. The molecule has 0 spiro atoms. The zero-order chi connectivity index (χ0) is 21.4. The zero-order valence-electron chi connectivity index (χ0n) is 15.2. The minimum atomic E-state index is -2.07. The number of carboxylic acid groups (broad SMARTS) is 1. The maximum Gasteiger partial charge on any atom is 0.488 e. The molecule has 0 saturated carbocycles. The molecule has 0 amide bonds. The lowest BCUT2D eigenvalue weighted by Crippen LogP contribution is -2.44. The van der Waals surface area contributed by atoms with Gasteiger partial charge in [-0.25, -0.2) is 0 Å². The monoisotopic (exact) mass is 376 g/mol. The van der Waals surface area contributed by atoms with E-state index in [0.29, 0.717) is 11.0 Å². The standard InChI is InChI=1S/C9H12BNO4.C6H14O5/c11-8(9(12)13)5-6-1-3-7(4-2-6)10(14)15;1-3(8)5(10)6(11)4(9)2-7/h1-4,8,14-15H,5,11H2,(H,12,13);3-11H,2H2,1H3/t8-;3-,4-,5-,6-/m00/s1/i8D;. The average molecular weight is 376 g/mol. The number of carboxylic acids is 1. The molecule has 1 aromatic rings. The summed E-state index contributed by atoms with van der Waals surface area (Å²) in [6.45, 7) is 0.628. The van der Waals surface area contributed by atoms with E-state index in [1.807, 2.05) is 0 Å². The normalized spacial score (nSPS) is 18.3. The number of aliphatic hydroxyl groups is 5. The van der Waals surface area contributed by atoms with Crippen molar-refractivity contribution < 1.29 is 46.9 Å². The number of carbonyl (C=O) groups is 1. The highest BCUT2D eigenvalue weighted by Gasteiger charge is 2.27. The highest BCUT2D eigenvalue weighted by atomic mass is 16.4. The molecule has 0 aliphatic rings. The zero-order valence-corrected chi connectivity index (χ0v) is 14.2. The average Bonchev–Trinajstić information content (AvgIpc) is 2.60. The van der Waals surface area contributed by atoms with Crippen LogP contribution in [-0.4, -0.2) is 90.8 Å². The minimum absolute atomic E-state index is 0.149. The molecule has 0 bridgehead atoms. The summed E-state index contributed by atoms with van der Waals surface area (Å²) in [5.41, 5.74) is 6.10. The highest BCUT2D eigenvalue weighted by molar-refractivity contribution is 6.58. The van der Waals surface area contributed by atoms with E-state index in [-0.39, 0.29) is 6.42 Å². The summed E-state index contributed by atoms with van der Waals surface area (Å²) in [5.74, 6) is -1.40. The first-order valence-corrected chi connectivity index (χ1v) is 7.63. The van der Waals surface area contributed by atoms with E-state index >= 15 is 0 Å². The molecule has 5 atom stereocenters. The SMILES string of the molecule is C[C@H](O)[C@H](O)[C@@H](O)[C@@H](O)CO.[2H][C@](N)(Cc1ccc(B(O)O)cc1)C(=O)O. The number of benzene rings is 1. The summed E-state index contributed by atoms with van der Waals surface area (Å²) in [5, 5.41) is 70.0. The number of aliphatic carboxylic acids is 1. The van der Waals surface area contributed by atoms with Gasteiger partial charge in [0.15, 0.2) is 0 Å². The number of aliphatic hydroxyl groups excluding tert-OH is 5. The number of nitrogens with two attached hydrogens (primary N) is 1. The third-order valence-corrected chi connectivity index (χ3v) is 3.37. The first kappa shape index (κ1) is 22.5. The van der Waals surface area contributed by atoms with Gasteiger partial charge < -0.3 is 46.4 Å². The van der Waals surface area contributed by atoms with Gasteiger partial charge in [0.2, 0.25) is 0 Å². The van der Waals surface area contributed by atoms with Crippen LogP contribution in [0.25, 0.3) is 0 Å². The van der Waals surface area contributed by atoms with Crippen molar-refractivity contribution in [3.05, 3.63) is 29.8 Å². The van der Waals surface area contributed by atoms with Crippen LogP contribution >= 0.6 is 0 Å². The van der Waals surface area contributed by atoms with Gasteiger partial charge in [-0.2, -0.15) is 0 Å². The first-order valence-electron chi connectivity index (χ1n) is 8.13. The second kappa shape index (κ2) is 11.9. The van der Waals surface area contributed by atoms with E-state index in [9.17, 15) is 4.79 Å². The van der Waals surface area contributed by atoms with E-state index in [0.717, 1.165) is 0 Å². The van der Waals surface area contributed by atoms with Gasteiger partial charge in [-0.3, -0.25) is 4.79 Å². The van der Waals surface area contributed by atoms with E-state index in [1.54, 1.807) is 0 Å². The summed E-state index contributed by atoms with van der Waals surface area (Å²) < 4.78 is 7.34. The fourth-order valence-corrected chi connectivity index (χ4v) is 1.72. The van der Waals surface area contributed by atoms with Crippen LogP contribution in [0.4, 0.5) is 0 Å². The van der Waals surface area contributed by atoms with Crippen LogP contribution in [0, 0.1) is 0 Å². The molecule has 148 valence electrons. The van der Waals surface area contributed by atoms with Crippen molar-refractivity contribution in [3.63, 3.8) is 0 Å². The van der Waals surface area contributed by atoms with Crippen LogP contribution in [-0.2, 0) is 11.2 Å². The first-order chi connectivity index (χ1) is 12.3. The maximum absolute atomic E-state index is 10.6. The molecule has 26 heavy (non-hydrogen) atoms. The molecule has 0 fully saturated rings. The van der Waals surface area contributed by atoms with Crippen LogP contribution < -0.4 is 11.2 Å². The predicted octanol–water partition coefficient (Wildman–Crippen LogP) is -4.24. The van der Waals surface area contributed by atoms with Crippen molar-refractivity contribution in [3.8, 4) is 0 Å². The van der Waals surface area contributed by atoms with Gasteiger partial charge >= 0.3 is 13.1 Å². The molecule has 0 saturated heterocycles. The van der Waals surface area contributed by atoms with E-state index < -0.39 is 50.1 Å². The minimum Gasteiger partial charge on any atom is -0.480 e. The van der Waals surface area contributed by atoms with Crippen LogP contribution in [0.3, 0.4) is 0 Å². The maximum atomic E-state index is 10.6. The molecule has 0 unspecified atom stereocenters. The molecule has 1 rings (SSSR count). The van der Waals surface area contributed by atoms with E-state index in [2.05, 4.69) is 0 Å². The largest absolute Gasteiger partial charge is 0.488 e. The van der Waals surface area contributed by atoms with Gasteiger partial charge in [-0.05, 0) is 24.4 Å². The van der Waals surface area contributed by atoms with Crippen molar-refractivity contribution in [2.75, 3.05) is 6.61 Å². The molecule has 0 radical (unpaired) electrons. The predicted molar refractivity (Wildman–Crippen MR) is 92.4 cm³/mol. The topological polar surface area (TPSA) is 205 Å². The molecular formula is C15H26BNO9. The smallest absolute Gasteiger partial charge is 0.480 e. The Hall–Kier alpha value is -1.57. The Bertz CT molecular complexity index is 571. The van der Waals surface area contributed by atoms with E-state index in [4.69, 9.17) is 47.8 Å². The van der Waals surface area contributed by atoms with E-state index in [1.165, 1.54) is 31.2 Å². The van der Waals surface area contributed by atoms with Crippen molar-refractivity contribution >= 4 is 18.6 Å². The Morgan fingerprint density at radius 2 is 1.65 bits per heavy atom. The number of hydrogen-bond donors (Lipinski definition) is 9. The van der Waals surface area contributed by atoms with Gasteiger partial charge in [-0.1, -0.05) is 24.3 Å². The molecule has 11 heteroatoms. The van der Waals surface area contributed by atoms with Crippen molar-refractivity contribution in [2.45, 2.75) is 43.8 Å². The van der Waals surface area contributed by atoms with Gasteiger partial charge in [0.25, 0.3) is 0 Å². The molecule has 1 aromatic carbocycles. The van der Waals surface area contributed by atoms with Gasteiger partial charge in [-0.15, -0.1) is 0 Å². The Morgan fingerprint density at radius 3 is 2.00 bits per heavy atom. The van der Waals surface area contributed by atoms with Crippen molar-refractivity contribution in [1.29, 1.82) is 0 Å². The Labute approximate surface area is 152 Å². The third kappa shape index (κ3) is 8.69. The number of rotatable bonds is 8. The Balaban J connectivity index is 0.000000541. The van der Waals surface area contributed by atoms with Gasteiger partial charge in [0.1, 0.15) is 24.3 Å². The fourth-order valence-electron chi connectivity index (χ4n) is 1.72. The summed E-state index contributed by atoms with van der Waals surface area (Å²) in [6.07, 6.45) is -5.65. The summed E-state index contributed by atoms with van der Waals surface area (Å²) >= 11 is 0.